The molecule has 1 aromatic rings. The molecule has 6 nitrogen and oxygen atoms in total. The van der Waals surface area contributed by atoms with Gasteiger partial charge in [0.05, 0.1) is 0 Å². The van der Waals surface area contributed by atoms with Crippen LogP contribution in [0.2, 0.25) is 0 Å². The van der Waals surface area contributed by atoms with Crippen molar-refractivity contribution in [1.29, 1.82) is 0 Å². The number of alkyl halides is 3. The van der Waals surface area contributed by atoms with Gasteiger partial charge < -0.3 is 9.88 Å². The van der Waals surface area contributed by atoms with Gasteiger partial charge in [-0.15, -0.1) is 0 Å². The lowest BCUT2D eigenvalue weighted by Gasteiger charge is -2.08. The fraction of sp³-hybridized carbons (Fsp3) is 0.500. The summed E-state index contributed by atoms with van der Waals surface area (Å²) in [7, 11) is -2.65. The predicted molar refractivity (Wildman–Crippen MR) is 54.3 cm³/mol. The van der Waals surface area contributed by atoms with Crippen LogP contribution in [0.3, 0.4) is 0 Å². The second kappa shape index (κ2) is 4.96. The van der Waals surface area contributed by atoms with Crippen LogP contribution in [0.5, 0.6) is 0 Å². The lowest BCUT2D eigenvalue weighted by Crippen LogP contribution is -2.37. The Morgan fingerprint density at radius 2 is 2.11 bits per heavy atom. The summed E-state index contributed by atoms with van der Waals surface area (Å²) in [6, 6.07) is 0. The lowest BCUT2D eigenvalue weighted by atomic mass is 10.6. The first-order chi connectivity index (χ1) is 8.12. The third-order valence-electron chi connectivity index (χ3n) is 1.86. The summed E-state index contributed by atoms with van der Waals surface area (Å²) in [6.07, 6.45) is -2.02. The van der Waals surface area contributed by atoms with Crippen LogP contribution < -0.4 is 5.32 Å². The molecule has 1 aromatic heterocycles. The highest BCUT2D eigenvalue weighted by molar-refractivity contribution is 7.91. The molecule has 0 aliphatic carbocycles. The Labute approximate surface area is 101 Å². The van der Waals surface area contributed by atoms with Gasteiger partial charge in [-0.25, -0.2) is 13.4 Å². The molecule has 0 fully saturated rings. The topological polar surface area (TPSA) is 81.1 Å². The number of nitrogens with zero attached hydrogens (tertiary/aromatic N) is 2. The Morgan fingerprint density at radius 1 is 1.50 bits per heavy atom. The first-order valence-corrected chi connectivity index (χ1v) is 6.30. The first-order valence-electron chi connectivity index (χ1n) is 4.65. The molecular weight excluding hydrogens is 275 g/mol. The predicted octanol–water partition coefficient (Wildman–Crippen LogP) is -0.128. The van der Waals surface area contributed by atoms with Crippen LogP contribution in [0.4, 0.5) is 13.2 Å². The van der Waals surface area contributed by atoms with Crippen LogP contribution in [0, 0.1) is 0 Å². The Morgan fingerprint density at radius 3 is 2.56 bits per heavy atom. The maximum absolute atomic E-state index is 11.8. The van der Waals surface area contributed by atoms with E-state index in [4.69, 9.17) is 0 Å². The van der Waals surface area contributed by atoms with Gasteiger partial charge in [0.15, 0.2) is 0 Å². The van der Waals surface area contributed by atoms with E-state index in [0.29, 0.717) is 0 Å². The number of carbonyl (C=O) groups is 1. The van der Waals surface area contributed by atoms with E-state index >= 15 is 0 Å². The average molecular weight is 285 g/mol. The Bertz CT molecular complexity index is 535. The van der Waals surface area contributed by atoms with Crippen molar-refractivity contribution in [3.05, 3.63) is 12.4 Å². The van der Waals surface area contributed by atoms with Crippen LogP contribution >= 0.6 is 0 Å². The molecular formula is C8H10F3N3O3S. The zero-order chi connectivity index (χ0) is 14.0. The molecule has 0 aliphatic rings. The van der Waals surface area contributed by atoms with Crippen molar-refractivity contribution in [2.24, 2.45) is 7.05 Å². The minimum atomic E-state index is -4.58. The third kappa shape index (κ3) is 4.02. The van der Waals surface area contributed by atoms with Crippen molar-refractivity contribution in [2.45, 2.75) is 11.3 Å². The van der Waals surface area contributed by atoms with Crippen molar-refractivity contribution >= 4 is 15.7 Å². The van der Waals surface area contributed by atoms with E-state index in [1.807, 2.05) is 0 Å². The third-order valence-corrected chi connectivity index (χ3v) is 3.45. The number of aryl methyl sites for hydroxylation is 1. The number of sulfone groups is 1. The Kier molecular flexibility index (Phi) is 3.99. The van der Waals surface area contributed by atoms with Crippen molar-refractivity contribution in [3.63, 3.8) is 0 Å². The van der Waals surface area contributed by atoms with Gasteiger partial charge in [0.1, 0.15) is 12.3 Å². The molecule has 1 heterocycles. The molecule has 0 saturated heterocycles. The molecule has 0 aliphatic heterocycles. The van der Waals surface area contributed by atoms with E-state index in [-0.39, 0.29) is 5.16 Å². The summed E-state index contributed by atoms with van der Waals surface area (Å²) in [5.74, 6) is -2.30. The summed E-state index contributed by atoms with van der Waals surface area (Å²) in [4.78, 5) is 14.6. The molecule has 1 rings (SSSR count). The maximum Gasteiger partial charge on any atom is 0.405 e. The monoisotopic (exact) mass is 285 g/mol. The molecule has 10 heteroatoms. The minimum absolute atomic E-state index is 0.371. The molecule has 1 amide bonds. The summed E-state index contributed by atoms with van der Waals surface area (Å²) in [6.45, 7) is -1.57. The number of imidazole rings is 1. The van der Waals surface area contributed by atoms with Gasteiger partial charge in [-0.3, -0.25) is 4.79 Å². The molecule has 0 spiro atoms. The zero-order valence-electron chi connectivity index (χ0n) is 9.23. The van der Waals surface area contributed by atoms with Gasteiger partial charge in [0, 0.05) is 19.4 Å². The fourth-order valence-electron chi connectivity index (χ4n) is 1.14. The lowest BCUT2D eigenvalue weighted by molar-refractivity contribution is -0.137. The Hall–Kier alpha value is -1.58. The van der Waals surface area contributed by atoms with Gasteiger partial charge in [0.25, 0.3) is 0 Å². The first kappa shape index (κ1) is 14.5. The highest BCUT2D eigenvalue weighted by atomic mass is 32.2. The zero-order valence-corrected chi connectivity index (χ0v) is 10.0. The van der Waals surface area contributed by atoms with Crippen LogP contribution in [0.15, 0.2) is 17.6 Å². The van der Waals surface area contributed by atoms with E-state index in [1.165, 1.54) is 24.8 Å². The second-order valence-electron chi connectivity index (χ2n) is 3.47. The minimum Gasteiger partial charge on any atom is -0.346 e. The number of carbonyl (C=O) groups excluding carboxylic acids is 1. The number of hydrogen-bond acceptors (Lipinski definition) is 4. The van der Waals surface area contributed by atoms with Crippen molar-refractivity contribution in [1.82, 2.24) is 14.9 Å². The van der Waals surface area contributed by atoms with Crippen LogP contribution in [-0.4, -0.2) is 42.3 Å². The van der Waals surface area contributed by atoms with Crippen LogP contribution in [0.25, 0.3) is 0 Å². The highest BCUT2D eigenvalue weighted by Gasteiger charge is 2.29. The van der Waals surface area contributed by atoms with E-state index in [2.05, 4.69) is 4.98 Å². The summed E-state index contributed by atoms with van der Waals surface area (Å²) >= 11 is 0. The summed E-state index contributed by atoms with van der Waals surface area (Å²) in [5, 5.41) is 1.11. The highest BCUT2D eigenvalue weighted by Crippen LogP contribution is 2.12. The number of nitrogens with one attached hydrogen (secondary N) is 1. The van der Waals surface area contributed by atoms with Crippen molar-refractivity contribution in [2.75, 3.05) is 12.3 Å². The molecule has 0 unspecified atom stereocenters. The molecule has 0 aromatic carbocycles. The van der Waals surface area contributed by atoms with E-state index in [1.54, 1.807) is 0 Å². The van der Waals surface area contributed by atoms with Crippen molar-refractivity contribution < 1.29 is 26.4 Å². The van der Waals surface area contributed by atoms with Crippen LogP contribution in [-0.2, 0) is 21.7 Å². The molecule has 0 atom stereocenters. The molecule has 0 saturated carbocycles. The number of aromatic nitrogens is 2. The summed E-state index contributed by atoms with van der Waals surface area (Å²) in [5.41, 5.74) is 0. The molecule has 0 bridgehead atoms. The number of amides is 1. The number of hydrogen-bond donors (Lipinski definition) is 1. The van der Waals surface area contributed by atoms with E-state index < -0.39 is 34.2 Å². The SMILES string of the molecule is Cn1ccnc1S(=O)(=O)CC(=O)NCC(F)(F)F. The standard InChI is InChI=1S/C8H10F3N3O3S/c1-14-3-2-12-7(14)18(16,17)4-6(15)13-5-8(9,10)11/h2-3H,4-5H2,1H3,(H,13,15). The fourth-order valence-corrected chi connectivity index (χ4v) is 2.44. The van der Waals surface area contributed by atoms with Gasteiger partial charge >= 0.3 is 6.18 Å². The molecule has 0 radical (unpaired) electrons. The van der Waals surface area contributed by atoms with Gasteiger partial charge in [-0.1, -0.05) is 0 Å². The number of rotatable bonds is 4. The van der Waals surface area contributed by atoms with Crippen molar-refractivity contribution in [3.8, 4) is 0 Å². The van der Waals surface area contributed by atoms with Crippen LogP contribution in [0.1, 0.15) is 0 Å². The molecule has 18 heavy (non-hydrogen) atoms. The van der Waals surface area contributed by atoms with Gasteiger partial charge in [-0.05, 0) is 0 Å². The summed E-state index contributed by atoms with van der Waals surface area (Å²) < 4.78 is 59.8. The molecule has 1 N–H and O–H groups in total. The second-order valence-corrected chi connectivity index (χ2v) is 5.36. The quantitative estimate of drug-likeness (QED) is 0.835. The average Bonchev–Trinajstić information content (AvgIpc) is 2.60. The van der Waals surface area contributed by atoms with E-state index in [9.17, 15) is 26.4 Å². The number of halogens is 3. The Balaban J connectivity index is 2.68. The van der Waals surface area contributed by atoms with E-state index in [0.717, 1.165) is 4.57 Å². The smallest absolute Gasteiger partial charge is 0.346 e. The van der Waals surface area contributed by atoms with Gasteiger partial charge in [0.2, 0.25) is 20.9 Å². The normalized spacial score (nSPS) is 12.4. The molecule has 102 valence electrons. The largest absolute Gasteiger partial charge is 0.405 e. The maximum atomic E-state index is 11.8. The van der Waals surface area contributed by atoms with Gasteiger partial charge in [-0.2, -0.15) is 13.2 Å².